The van der Waals surface area contributed by atoms with Gasteiger partial charge in [0.25, 0.3) is 0 Å². The summed E-state index contributed by atoms with van der Waals surface area (Å²) in [5.41, 5.74) is 1.80. The lowest BCUT2D eigenvalue weighted by molar-refractivity contribution is 0.581. The zero-order valence-electron chi connectivity index (χ0n) is 10.7. The van der Waals surface area contributed by atoms with Gasteiger partial charge in [0.1, 0.15) is 0 Å². The molecule has 0 aromatic heterocycles. The number of rotatable bonds is 4. The van der Waals surface area contributed by atoms with Crippen molar-refractivity contribution in [3.8, 4) is 0 Å². The maximum atomic E-state index is 12.1. The van der Waals surface area contributed by atoms with E-state index in [4.69, 9.17) is 11.6 Å². The van der Waals surface area contributed by atoms with E-state index in [0.29, 0.717) is 5.02 Å². The molecule has 6 heteroatoms. The molecule has 2 rings (SSSR count). The highest BCUT2D eigenvalue weighted by Crippen LogP contribution is 2.17. The van der Waals surface area contributed by atoms with Gasteiger partial charge in [0.15, 0.2) is 0 Å². The van der Waals surface area contributed by atoms with E-state index in [2.05, 4.69) is 27.3 Å². The average molecular weight is 422 g/mol. The largest absolute Gasteiger partial charge is 0.240 e. The van der Waals surface area contributed by atoms with Crippen molar-refractivity contribution in [3.63, 3.8) is 0 Å². The number of halogens is 2. The molecule has 0 saturated heterocycles. The highest BCUT2D eigenvalue weighted by molar-refractivity contribution is 14.1. The fourth-order valence-corrected chi connectivity index (χ4v) is 3.20. The van der Waals surface area contributed by atoms with Crippen molar-refractivity contribution in [1.29, 1.82) is 0 Å². The molecule has 0 amide bonds. The van der Waals surface area contributed by atoms with Crippen molar-refractivity contribution >= 4 is 44.2 Å². The minimum atomic E-state index is -3.49. The van der Waals surface area contributed by atoms with E-state index in [-0.39, 0.29) is 11.4 Å². The van der Waals surface area contributed by atoms with Crippen LogP contribution in [0.15, 0.2) is 47.4 Å². The van der Waals surface area contributed by atoms with Crippen molar-refractivity contribution in [2.75, 3.05) is 0 Å². The van der Waals surface area contributed by atoms with Gasteiger partial charge in [0.2, 0.25) is 10.0 Å². The summed E-state index contributed by atoms with van der Waals surface area (Å²) in [6.45, 7) is 2.12. The summed E-state index contributed by atoms with van der Waals surface area (Å²) in [5, 5.41) is 0.635. The SMILES string of the molecule is Cc1ccc(CNS(=O)(=O)c2ccc(I)cc2)cc1Cl. The van der Waals surface area contributed by atoms with Crippen LogP contribution in [0.4, 0.5) is 0 Å². The number of hydrogen-bond acceptors (Lipinski definition) is 2. The second kappa shape index (κ2) is 6.43. The van der Waals surface area contributed by atoms with E-state index in [1.165, 1.54) is 0 Å². The first-order valence-electron chi connectivity index (χ1n) is 5.89. The van der Waals surface area contributed by atoms with Crippen LogP contribution in [0.5, 0.6) is 0 Å². The monoisotopic (exact) mass is 421 g/mol. The molecule has 0 unspecified atom stereocenters. The van der Waals surface area contributed by atoms with E-state index < -0.39 is 10.0 Å². The normalized spacial score (nSPS) is 11.6. The summed E-state index contributed by atoms with van der Waals surface area (Å²) in [7, 11) is -3.49. The molecule has 0 saturated carbocycles. The summed E-state index contributed by atoms with van der Waals surface area (Å²) < 4.78 is 27.8. The third-order valence-corrected chi connectivity index (χ3v) is 5.37. The Morgan fingerprint density at radius 2 is 1.80 bits per heavy atom. The van der Waals surface area contributed by atoms with E-state index in [9.17, 15) is 8.42 Å². The Kier molecular flexibility index (Phi) is 5.06. The van der Waals surface area contributed by atoms with E-state index in [1.54, 1.807) is 30.3 Å². The van der Waals surface area contributed by atoms with Gasteiger partial charge in [-0.05, 0) is 71.0 Å². The van der Waals surface area contributed by atoms with E-state index in [0.717, 1.165) is 14.7 Å². The fourth-order valence-electron chi connectivity index (χ4n) is 1.62. The Morgan fingerprint density at radius 1 is 1.15 bits per heavy atom. The minimum Gasteiger partial charge on any atom is -0.207 e. The molecule has 3 nitrogen and oxygen atoms in total. The third-order valence-electron chi connectivity index (χ3n) is 2.83. The molecule has 0 aliphatic carbocycles. The molecule has 2 aromatic carbocycles. The second-order valence-corrected chi connectivity index (χ2v) is 7.78. The van der Waals surface area contributed by atoms with E-state index in [1.807, 2.05) is 19.1 Å². The summed E-state index contributed by atoms with van der Waals surface area (Å²) in [5.74, 6) is 0. The average Bonchev–Trinajstić information content (AvgIpc) is 2.41. The number of aryl methyl sites for hydroxylation is 1. The Hall–Kier alpha value is -0.630. The molecule has 0 spiro atoms. The smallest absolute Gasteiger partial charge is 0.207 e. The Labute approximate surface area is 137 Å². The summed E-state index contributed by atoms with van der Waals surface area (Å²) in [6, 6.07) is 12.2. The molecule has 0 aliphatic heterocycles. The van der Waals surface area contributed by atoms with Crippen molar-refractivity contribution in [3.05, 3.63) is 62.2 Å². The molecule has 0 atom stereocenters. The van der Waals surface area contributed by atoms with Crippen molar-refractivity contribution in [2.24, 2.45) is 0 Å². The van der Waals surface area contributed by atoms with Crippen LogP contribution in [0, 0.1) is 10.5 Å². The highest BCUT2D eigenvalue weighted by Gasteiger charge is 2.13. The molecule has 20 heavy (non-hydrogen) atoms. The third kappa shape index (κ3) is 3.94. The summed E-state index contributed by atoms with van der Waals surface area (Å²) in [4.78, 5) is 0.260. The number of hydrogen-bond donors (Lipinski definition) is 1. The number of benzene rings is 2. The van der Waals surface area contributed by atoms with Crippen molar-refractivity contribution in [1.82, 2.24) is 4.72 Å². The fraction of sp³-hybridized carbons (Fsp3) is 0.143. The van der Waals surface area contributed by atoms with Crippen LogP contribution in [-0.2, 0) is 16.6 Å². The first-order valence-corrected chi connectivity index (χ1v) is 8.83. The van der Waals surface area contributed by atoms with Crippen LogP contribution >= 0.6 is 34.2 Å². The lowest BCUT2D eigenvalue weighted by Gasteiger charge is -2.08. The number of nitrogens with one attached hydrogen (secondary N) is 1. The molecule has 106 valence electrons. The van der Waals surface area contributed by atoms with E-state index >= 15 is 0 Å². The van der Waals surface area contributed by atoms with Crippen LogP contribution in [0.3, 0.4) is 0 Å². The second-order valence-electron chi connectivity index (χ2n) is 4.36. The Morgan fingerprint density at radius 3 is 2.40 bits per heavy atom. The lowest BCUT2D eigenvalue weighted by Crippen LogP contribution is -2.23. The molecular formula is C14H13ClINO2S. The zero-order chi connectivity index (χ0) is 14.8. The molecule has 1 N–H and O–H groups in total. The molecule has 0 fully saturated rings. The maximum absolute atomic E-state index is 12.1. The molecule has 2 aromatic rings. The van der Waals surface area contributed by atoms with Gasteiger partial charge >= 0.3 is 0 Å². The van der Waals surface area contributed by atoms with Gasteiger partial charge in [0, 0.05) is 15.1 Å². The summed E-state index contributed by atoms with van der Waals surface area (Å²) in [6.07, 6.45) is 0. The maximum Gasteiger partial charge on any atom is 0.240 e. The molecule has 0 heterocycles. The van der Waals surface area contributed by atoms with Gasteiger partial charge in [-0.2, -0.15) is 0 Å². The molecule has 0 aliphatic rings. The first kappa shape index (κ1) is 15.8. The minimum absolute atomic E-state index is 0.217. The van der Waals surface area contributed by atoms with Gasteiger partial charge < -0.3 is 0 Å². The zero-order valence-corrected chi connectivity index (χ0v) is 14.5. The number of sulfonamides is 1. The molecule has 0 radical (unpaired) electrons. The first-order chi connectivity index (χ1) is 9.38. The van der Waals surface area contributed by atoms with Crippen LogP contribution < -0.4 is 4.72 Å². The summed E-state index contributed by atoms with van der Waals surface area (Å²) >= 11 is 8.15. The highest BCUT2D eigenvalue weighted by atomic mass is 127. The van der Waals surface area contributed by atoms with Gasteiger partial charge in [-0.3, -0.25) is 0 Å². The van der Waals surface area contributed by atoms with Crippen molar-refractivity contribution in [2.45, 2.75) is 18.4 Å². The van der Waals surface area contributed by atoms with Crippen LogP contribution in [-0.4, -0.2) is 8.42 Å². The quantitative estimate of drug-likeness (QED) is 0.765. The van der Waals surface area contributed by atoms with Gasteiger partial charge in [-0.25, -0.2) is 13.1 Å². The Balaban J connectivity index is 2.13. The standard InChI is InChI=1S/C14H13ClINO2S/c1-10-2-3-11(8-14(10)15)9-17-20(18,19)13-6-4-12(16)5-7-13/h2-8,17H,9H2,1H3. The van der Waals surface area contributed by atoms with Gasteiger partial charge in [-0.1, -0.05) is 23.7 Å². The molecular weight excluding hydrogens is 409 g/mol. The topological polar surface area (TPSA) is 46.2 Å². The van der Waals surface area contributed by atoms with Crippen molar-refractivity contribution < 1.29 is 8.42 Å². The van der Waals surface area contributed by atoms with Crippen LogP contribution in [0.1, 0.15) is 11.1 Å². The van der Waals surface area contributed by atoms with Gasteiger partial charge in [-0.15, -0.1) is 0 Å². The van der Waals surface area contributed by atoms with Crippen LogP contribution in [0.25, 0.3) is 0 Å². The predicted octanol–water partition coefficient (Wildman–Crippen LogP) is 3.73. The lowest BCUT2D eigenvalue weighted by atomic mass is 10.1. The molecule has 0 bridgehead atoms. The van der Waals surface area contributed by atoms with Crippen LogP contribution in [0.2, 0.25) is 5.02 Å². The van der Waals surface area contributed by atoms with Gasteiger partial charge in [0.05, 0.1) is 4.90 Å². The predicted molar refractivity (Wildman–Crippen MR) is 89.4 cm³/mol. The Bertz CT molecular complexity index is 714.